The van der Waals surface area contributed by atoms with Crippen molar-refractivity contribution in [1.82, 2.24) is 9.97 Å². The number of hydrogen-bond donors (Lipinski definition) is 1. The second-order valence-corrected chi connectivity index (χ2v) is 4.47. The normalized spacial score (nSPS) is 10.2. The molecule has 0 aliphatic carbocycles. The lowest BCUT2D eigenvalue weighted by Crippen LogP contribution is -2.10. The summed E-state index contributed by atoms with van der Waals surface area (Å²) in [5.41, 5.74) is 3.03. The summed E-state index contributed by atoms with van der Waals surface area (Å²) in [6, 6.07) is 5.74. The average Bonchev–Trinajstić information content (AvgIpc) is 2.44. The van der Waals surface area contributed by atoms with E-state index in [4.69, 9.17) is 4.74 Å². The van der Waals surface area contributed by atoms with Crippen molar-refractivity contribution in [3.05, 3.63) is 35.5 Å². The highest BCUT2D eigenvalue weighted by atomic mass is 16.7. The molecule has 1 aromatic heterocycles. The van der Waals surface area contributed by atoms with Crippen molar-refractivity contribution in [3.8, 4) is 23.0 Å². The van der Waals surface area contributed by atoms with E-state index < -0.39 is 12.0 Å². The molecule has 0 radical (unpaired) electrons. The molecule has 0 atom stereocenters. The zero-order valence-corrected chi connectivity index (χ0v) is 12.1. The Morgan fingerprint density at radius 3 is 2.67 bits per heavy atom. The summed E-state index contributed by atoms with van der Waals surface area (Å²) in [6.07, 6.45) is 0.333. The van der Waals surface area contributed by atoms with Gasteiger partial charge in [-0.15, -0.1) is 0 Å². The molecule has 0 bridgehead atoms. The molecule has 1 N–H and O–H groups in total. The average molecular weight is 288 g/mol. The molecule has 0 saturated carbocycles. The molecule has 0 amide bonds. The number of benzene rings is 1. The van der Waals surface area contributed by atoms with E-state index in [1.807, 2.05) is 32.0 Å². The van der Waals surface area contributed by atoms with Gasteiger partial charge in [-0.1, -0.05) is 12.1 Å². The number of aromatic hydroxyl groups is 1. The quantitative estimate of drug-likeness (QED) is 0.874. The summed E-state index contributed by atoms with van der Waals surface area (Å²) in [6.45, 7) is 5.83. The van der Waals surface area contributed by atoms with Gasteiger partial charge in [0, 0.05) is 5.56 Å². The first-order chi connectivity index (χ1) is 10.0. The van der Waals surface area contributed by atoms with E-state index >= 15 is 0 Å². The van der Waals surface area contributed by atoms with Crippen molar-refractivity contribution < 1.29 is 19.4 Å². The van der Waals surface area contributed by atoms with Crippen molar-refractivity contribution in [2.24, 2.45) is 0 Å². The van der Waals surface area contributed by atoms with Crippen LogP contribution in [0.15, 0.2) is 24.4 Å². The van der Waals surface area contributed by atoms with Crippen molar-refractivity contribution in [3.63, 3.8) is 0 Å². The molecule has 2 rings (SSSR count). The molecule has 6 heteroatoms. The summed E-state index contributed by atoms with van der Waals surface area (Å²) in [5, 5.41) is 9.81. The minimum atomic E-state index is -0.907. The number of carbonyl (C=O) groups excluding carboxylic acids is 1. The van der Waals surface area contributed by atoms with Gasteiger partial charge in [-0.05, 0) is 38.0 Å². The molecule has 1 heterocycles. The lowest BCUT2D eigenvalue weighted by atomic mass is 10.1. The second-order valence-electron chi connectivity index (χ2n) is 4.47. The number of ether oxygens (including phenoxy) is 2. The number of aromatic nitrogens is 2. The third-order valence-corrected chi connectivity index (χ3v) is 2.96. The first-order valence-corrected chi connectivity index (χ1v) is 6.49. The lowest BCUT2D eigenvalue weighted by Gasteiger charge is -2.07. The molecule has 6 nitrogen and oxygen atoms in total. The fourth-order valence-corrected chi connectivity index (χ4v) is 1.69. The zero-order valence-electron chi connectivity index (χ0n) is 12.1. The molecule has 0 aliphatic heterocycles. The molecule has 0 saturated heterocycles. The Labute approximate surface area is 122 Å². The molecule has 0 fully saturated rings. The van der Waals surface area contributed by atoms with E-state index in [9.17, 15) is 9.90 Å². The van der Waals surface area contributed by atoms with Gasteiger partial charge in [0.05, 0.1) is 12.8 Å². The van der Waals surface area contributed by atoms with E-state index in [0.29, 0.717) is 5.82 Å². The fraction of sp³-hybridized carbons (Fsp3) is 0.267. The van der Waals surface area contributed by atoms with Gasteiger partial charge in [0.15, 0.2) is 5.82 Å². The van der Waals surface area contributed by atoms with E-state index in [1.54, 1.807) is 6.92 Å². The predicted octanol–water partition coefficient (Wildman–Crippen LogP) is 3.00. The van der Waals surface area contributed by atoms with Crippen molar-refractivity contribution >= 4 is 6.16 Å². The highest BCUT2D eigenvalue weighted by Gasteiger charge is 2.13. The predicted molar refractivity (Wildman–Crippen MR) is 76.3 cm³/mol. The summed E-state index contributed by atoms with van der Waals surface area (Å²) in [7, 11) is 0. The lowest BCUT2D eigenvalue weighted by molar-refractivity contribution is 0.102. The van der Waals surface area contributed by atoms with Gasteiger partial charge < -0.3 is 14.6 Å². The minimum Gasteiger partial charge on any atom is -0.491 e. The van der Waals surface area contributed by atoms with Gasteiger partial charge in [-0.3, -0.25) is 0 Å². The molecule has 0 aliphatic rings. The third kappa shape index (κ3) is 3.47. The van der Waals surface area contributed by atoms with Crippen LogP contribution in [0.3, 0.4) is 0 Å². The van der Waals surface area contributed by atoms with E-state index in [1.165, 1.54) is 6.20 Å². The first-order valence-electron chi connectivity index (χ1n) is 6.49. The van der Waals surface area contributed by atoms with Crippen LogP contribution >= 0.6 is 0 Å². The smallest absolute Gasteiger partial charge is 0.491 e. The van der Waals surface area contributed by atoms with Crippen LogP contribution in [0.25, 0.3) is 11.4 Å². The summed E-state index contributed by atoms with van der Waals surface area (Å²) >= 11 is 0. The van der Waals surface area contributed by atoms with Crippen molar-refractivity contribution in [2.45, 2.75) is 20.8 Å². The second kappa shape index (κ2) is 6.21. The van der Waals surface area contributed by atoms with Crippen LogP contribution in [-0.2, 0) is 4.74 Å². The third-order valence-electron chi connectivity index (χ3n) is 2.96. The van der Waals surface area contributed by atoms with Crippen molar-refractivity contribution in [1.29, 1.82) is 0 Å². The largest absolute Gasteiger partial charge is 0.514 e. The Hall–Kier alpha value is -2.63. The van der Waals surface area contributed by atoms with Crippen LogP contribution in [0.2, 0.25) is 0 Å². The van der Waals surface area contributed by atoms with Gasteiger partial charge >= 0.3 is 6.16 Å². The Kier molecular flexibility index (Phi) is 4.37. The molecule has 0 spiro atoms. The Morgan fingerprint density at radius 1 is 1.29 bits per heavy atom. The molecular formula is C15H16N2O4. The summed E-state index contributed by atoms with van der Waals surface area (Å²) in [5.74, 6) is -0.195. The Bertz CT molecular complexity index is 671. The molecular weight excluding hydrogens is 272 g/mol. The molecule has 110 valence electrons. The highest BCUT2D eigenvalue weighted by molar-refractivity contribution is 5.65. The van der Waals surface area contributed by atoms with Crippen LogP contribution in [0, 0.1) is 13.8 Å². The van der Waals surface area contributed by atoms with Gasteiger partial charge in [0.1, 0.15) is 0 Å². The van der Waals surface area contributed by atoms with Gasteiger partial charge in [-0.25, -0.2) is 9.78 Å². The molecule has 1 aromatic carbocycles. The van der Waals surface area contributed by atoms with Crippen LogP contribution < -0.4 is 4.74 Å². The SMILES string of the molecule is CCOC(=O)Oc1cnc(-c2ccc(C)c(C)c2)nc1O. The van der Waals surface area contributed by atoms with E-state index in [0.717, 1.165) is 16.7 Å². The maximum Gasteiger partial charge on any atom is 0.514 e. The molecule has 0 unspecified atom stereocenters. The van der Waals surface area contributed by atoms with E-state index in [2.05, 4.69) is 14.7 Å². The minimum absolute atomic E-state index is 0.138. The maximum absolute atomic E-state index is 11.2. The number of rotatable bonds is 3. The van der Waals surface area contributed by atoms with Crippen LogP contribution in [0.1, 0.15) is 18.1 Å². The number of aryl methyl sites for hydroxylation is 2. The van der Waals surface area contributed by atoms with Gasteiger partial charge in [-0.2, -0.15) is 4.98 Å². The first kappa shape index (κ1) is 14.8. The molecule has 21 heavy (non-hydrogen) atoms. The van der Waals surface area contributed by atoms with Crippen LogP contribution in [-0.4, -0.2) is 27.8 Å². The van der Waals surface area contributed by atoms with E-state index in [-0.39, 0.29) is 12.4 Å². The monoisotopic (exact) mass is 288 g/mol. The Balaban J connectivity index is 2.26. The number of hydrogen-bond acceptors (Lipinski definition) is 6. The Morgan fingerprint density at radius 2 is 2.05 bits per heavy atom. The number of nitrogens with zero attached hydrogens (tertiary/aromatic N) is 2. The molecule has 2 aromatic rings. The highest BCUT2D eigenvalue weighted by Crippen LogP contribution is 2.26. The standard InChI is InChI=1S/C15H16N2O4/c1-4-20-15(19)21-12-8-16-13(17-14(12)18)11-6-5-9(2)10(3)7-11/h5-8H,4H2,1-3H3,(H,16,17,18). The topological polar surface area (TPSA) is 81.5 Å². The zero-order chi connectivity index (χ0) is 15.4. The van der Waals surface area contributed by atoms with Crippen molar-refractivity contribution in [2.75, 3.05) is 6.61 Å². The van der Waals surface area contributed by atoms with Crippen LogP contribution in [0.5, 0.6) is 11.6 Å². The van der Waals surface area contributed by atoms with Crippen LogP contribution in [0.4, 0.5) is 4.79 Å². The number of carbonyl (C=O) groups is 1. The summed E-state index contributed by atoms with van der Waals surface area (Å²) < 4.78 is 9.40. The van der Waals surface area contributed by atoms with Gasteiger partial charge in [0.25, 0.3) is 5.88 Å². The van der Waals surface area contributed by atoms with Gasteiger partial charge in [0.2, 0.25) is 5.75 Å². The summed E-state index contributed by atoms with van der Waals surface area (Å²) in [4.78, 5) is 19.2. The fourth-order valence-electron chi connectivity index (χ4n) is 1.69. The maximum atomic E-state index is 11.2.